The second kappa shape index (κ2) is 8.34. The molecule has 146 valence electrons. The van der Waals surface area contributed by atoms with E-state index in [0.29, 0.717) is 16.8 Å². The van der Waals surface area contributed by atoms with Crippen molar-refractivity contribution in [1.82, 2.24) is 10.5 Å². The highest BCUT2D eigenvalue weighted by atomic mass is 35.5. The third kappa shape index (κ3) is 3.96. The predicted molar refractivity (Wildman–Crippen MR) is 102 cm³/mol. The fraction of sp³-hybridized carbons (Fsp3) is 0.118. The summed E-state index contributed by atoms with van der Waals surface area (Å²) in [7, 11) is 1.39. The van der Waals surface area contributed by atoms with Gasteiger partial charge in [0, 0.05) is 23.8 Å². The number of halogens is 2. The Morgan fingerprint density at radius 3 is 2.64 bits per heavy atom. The number of amides is 1. The highest BCUT2D eigenvalue weighted by Crippen LogP contribution is 2.39. The van der Waals surface area contributed by atoms with Crippen molar-refractivity contribution in [3.05, 3.63) is 51.1 Å². The fourth-order valence-corrected chi connectivity index (χ4v) is 2.88. The molecule has 0 saturated carbocycles. The van der Waals surface area contributed by atoms with Crippen molar-refractivity contribution >= 4 is 51.5 Å². The van der Waals surface area contributed by atoms with Crippen molar-refractivity contribution in [2.45, 2.75) is 0 Å². The second-order valence-corrected chi connectivity index (χ2v) is 6.19. The summed E-state index contributed by atoms with van der Waals surface area (Å²) in [4.78, 5) is 27.3. The molecule has 0 fully saturated rings. The topological polar surface area (TPSA) is 123 Å². The van der Waals surface area contributed by atoms with Crippen LogP contribution < -0.4 is 25.9 Å². The molecular formula is C17H13Cl2N3O6. The van der Waals surface area contributed by atoms with Crippen molar-refractivity contribution in [2.75, 3.05) is 19.0 Å². The summed E-state index contributed by atoms with van der Waals surface area (Å²) in [6, 6.07) is 4.41. The first-order chi connectivity index (χ1) is 13.4. The number of nitrogens with one attached hydrogen (secondary N) is 2. The molecule has 0 spiro atoms. The standard InChI is InChI=1S/C17H13Cl2N3O6/c1-26-12-3-2-8-11(21-15-9(18)5-20-6-10(15)19)4-14(24)28-16(8)17(12)27-7-13(23)22-25/h2-6,25H,7H2,1H3,(H,20,21)(H,22,23). The third-order valence-electron chi connectivity index (χ3n) is 3.64. The molecule has 11 heteroatoms. The molecule has 2 heterocycles. The number of fused-ring (bicyclic) bond motifs is 1. The van der Waals surface area contributed by atoms with Gasteiger partial charge in [-0.2, -0.15) is 0 Å². The number of methoxy groups -OCH3 is 1. The Morgan fingerprint density at radius 2 is 2.00 bits per heavy atom. The lowest BCUT2D eigenvalue weighted by Crippen LogP contribution is -2.25. The van der Waals surface area contributed by atoms with Crippen LogP contribution >= 0.6 is 23.2 Å². The van der Waals surface area contributed by atoms with Gasteiger partial charge in [0.1, 0.15) is 0 Å². The molecule has 28 heavy (non-hydrogen) atoms. The van der Waals surface area contributed by atoms with Gasteiger partial charge < -0.3 is 19.2 Å². The van der Waals surface area contributed by atoms with Crippen LogP contribution in [-0.4, -0.2) is 29.8 Å². The summed E-state index contributed by atoms with van der Waals surface area (Å²) < 4.78 is 15.9. The molecule has 3 aromatic rings. The summed E-state index contributed by atoms with van der Waals surface area (Å²) in [5.74, 6) is -0.569. The molecule has 0 unspecified atom stereocenters. The van der Waals surface area contributed by atoms with Gasteiger partial charge >= 0.3 is 5.63 Å². The first kappa shape index (κ1) is 19.7. The van der Waals surface area contributed by atoms with E-state index < -0.39 is 18.1 Å². The maximum Gasteiger partial charge on any atom is 0.338 e. The number of hydroxylamine groups is 1. The van der Waals surface area contributed by atoms with Crippen LogP contribution in [0.2, 0.25) is 10.0 Å². The number of benzene rings is 1. The fourth-order valence-electron chi connectivity index (χ4n) is 2.42. The second-order valence-electron chi connectivity index (χ2n) is 5.38. The summed E-state index contributed by atoms with van der Waals surface area (Å²) >= 11 is 12.3. The number of hydrogen-bond acceptors (Lipinski definition) is 8. The van der Waals surface area contributed by atoms with Crippen molar-refractivity contribution in [2.24, 2.45) is 0 Å². The molecule has 1 aromatic carbocycles. The van der Waals surface area contributed by atoms with Crippen LogP contribution in [0, 0.1) is 0 Å². The number of hydrogen-bond donors (Lipinski definition) is 3. The summed E-state index contributed by atoms with van der Waals surface area (Å²) in [6.45, 7) is -0.532. The SMILES string of the molecule is COc1ccc2c(Nc3c(Cl)cncc3Cl)cc(=O)oc2c1OCC(=O)NO. The number of aromatic nitrogens is 1. The van der Waals surface area contributed by atoms with Gasteiger partial charge in [0.05, 0.1) is 28.5 Å². The zero-order chi connectivity index (χ0) is 20.3. The maximum atomic E-state index is 12.1. The van der Waals surface area contributed by atoms with E-state index >= 15 is 0 Å². The number of nitrogens with zero attached hydrogens (tertiary/aromatic N) is 1. The lowest BCUT2D eigenvalue weighted by Gasteiger charge is -2.15. The highest BCUT2D eigenvalue weighted by Gasteiger charge is 2.18. The van der Waals surface area contributed by atoms with Crippen molar-refractivity contribution in [1.29, 1.82) is 0 Å². The minimum atomic E-state index is -0.800. The van der Waals surface area contributed by atoms with Crippen LogP contribution in [0.25, 0.3) is 11.0 Å². The number of carbonyl (C=O) groups is 1. The normalized spacial score (nSPS) is 10.6. The average molecular weight is 426 g/mol. The first-order valence-corrected chi connectivity index (χ1v) is 8.46. The monoisotopic (exact) mass is 425 g/mol. The van der Waals surface area contributed by atoms with Gasteiger partial charge in [-0.25, -0.2) is 10.3 Å². The van der Waals surface area contributed by atoms with Crippen LogP contribution in [0.5, 0.6) is 11.5 Å². The van der Waals surface area contributed by atoms with Crippen LogP contribution in [0.4, 0.5) is 11.4 Å². The molecule has 1 amide bonds. The number of carbonyl (C=O) groups excluding carboxylic acids is 1. The lowest BCUT2D eigenvalue weighted by atomic mass is 10.1. The zero-order valence-corrected chi connectivity index (χ0v) is 15.8. The Balaban J connectivity index is 2.15. The van der Waals surface area contributed by atoms with E-state index in [1.54, 1.807) is 12.1 Å². The third-order valence-corrected chi connectivity index (χ3v) is 4.21. The van der Waals surface area contributed by atoms with Gasteiger partial charge in [-0.05, 0) is 12.1 Å². The molecule has 0 bridgehead atoms. The molecule has 0 aliphatic heterocycles. The van der Waals surface area contributed by atoms with Crippen LogP contribution in [0.15, 0.2) is 39.8 Å². The van der Waals surface area contributed by atoms with E-state index in [9.17, 15) is 9.59 Å². The minimum Gasteiger partial charge on any atom is -0.493 e. The van der Waals surface area contributed by atoms with Crippen LogP contribution in [0.1, 0.15) is 0 Å². The quantitative estimate of drug-likeness (QED) is 0.312. The van der Waals surface area contributed by atoms with E-state index in [1.807, 2.05) is 0 Å². The van der Waals surface area contributed by atoms with Crippen molar-refractivity contribution in [3.8, 4) is 11.5 Å². The molecule has 0 radical (unpaired) electrons. The molecule has 3 rings (SSSR count). The van der Waals surface area contributed by atoms with Crippen LogP contribution in [-0.2, 0) is 4.79 Å². The van der Waals surface area contributed by atoms with E-state index in [0.717, 1.165) is 0 Å². The van der Waals surface area contributed by atoms with Crippen molar-refractivity contribution < 1.29 is 23.9 Å². The Morgan fingerprint density at radius 1 is 1.29 bits per heavy atom. The number of pyridine rings is 1. The molecule has 0 aliphatic carbocycles. The van der Waals surface area contributed by atoms with Gasteiger partial charge in [-0.3, -0.25) is 15.0 Å². The molecule has 2 aromatic heterocycles. The molecule has 0 aliphatic rings. The van der Waals surface area contributed by atoms with E-state index in [-0.39, 0.29) is 27.1 Å². The van der Waals surface area contributed by atoms with E-state index in [4.69, 9.17) is 42.3 Å². The van der Waals surface area contributed by atoms with Gasteiger partial charge in [-0.1, -0.05) is 23.2 Å². The number of anilines is 2. The molecular weight excluding hydrogens is 413 g/mol. The Hall–Kier alpha value is -3.01. The Bertz CT molecular complexity index is 1080. The predicted octanol–water partition coefficient (Wildman–Crippen LogP) is 3.13. The maximum absolute atomic E-state index is 12.1. The first-order valence-electron chi connectivity index (χ1n) is 7.71. The summed E-state index contributed by atoms with van der Waals surface area (Å²) in [6.07, 6.45) is 2.79. The van der Waals surface area contributed by atoms with Gasteiger partial charge in [-0.15, -0.1) is 0 Å². The van der Waals surface area contributed by atoms with Gasteiger partial charge in [0.15, 0.2) is 17.9 Å². The Kier molecular flexibility index (Phi) is 5.88. The van der Waals surface area contributed by atoms with Gasteiger partial charge in [0.2, 0.25) is 5.75 Å². The molecule has 0 atom stereocenters. The number of ether oxygens (including phenoxy) is 2. The van der Waals surface area contributed by atoms with Crippen molar-refractivity contribution in [3.63, 3.8) is 0 Å². The average Bonchev–Trinajstić information content (AvgIpc) is 2.68. The van der Waals surface area contributed by atoms with Gasteiger partial charge in [0.25, 0.3) is 5.91 Å². The highest BCUT2D eigenvalue weighted by molar-refractivity contribution is 6.39. The smallest absolute Gasteiger partial charge is 0.338 e. The lowest BCUT2D eigenvalue weighted by molar-refractivity contribution is -0.131. The van der Waals surface area contributed by atoms with E-state index in [2.05, 4.69) is 10.3 Å². The molecule has 3 N–H and O–H groups in total. The van der Waals surface area contributed by atoms with E-state index in [1.165, 1.54) is 31.0 Å². The zero-order valence-electron chi connectivity index (χ0n) is 14.3. The Labute approximate surface area is 167 Å². The molecule has 0 saturated heterocycles. The number of rotatable bonds is 6. The minimum absolute atomic E-state index is 0.0104. The van der Waals surface area contributed by atoms with Crippen LogP contribution in [0.3, 0.4) is 0 Å². The largest absolute Gasteiger partial charge is 0.493 e. The molecule has 9 nitrogen and oxygen atoms in total. The summed E-state index contributed by atoms with van der Waals surface area (Å²) in [5, 5.41) is 12.5. The summed E-state index contributed by atoms with van der Waals surface area (Å²) in [5.41, 5.74) is 1.46.